The minimum atomic E-state index is -0.505. The summed E-state index contributed by atoms with van der Waals surface area (Å²) < 4.78 is 0. The van der Waals surface area contributed by atoms with Gasteiger partial charge in [0.05, 0.1) is 16.8 Å². The van der Waals surface area contributed by atoms with Gasteiger partial charge in [-0.1, -0.05) is 182 Å². The maximum atomic E-state index is 5.42. The molecule has 0 bridgehead atoms. The molecule has 0 N–H and O–H groups in total. The summed E-state index contributed by atoms with van der Waals surface area (Å²) in [6, 6.07) is 71.3. The molecule has 1 aliphatic carbocycles. The first-order valence-electron chi connectivity index (χ1n) is 18.7. The van der Waals surface area contributed by atoms with Gasteiger partial charge in [-0.05, 0) is 73.8 Å². The second-order valence-corrected chi connectivity index (χ2v) is 14.0. The Morgan fingerprint density at radius 2 is 0.891 bits per heavy atom. The van der Waals surface area contributed by atoms with Crippen molar-refractivity contribution in [1.82, 2.24) is 15.0 Å². The molecular weight excluding hydrogens is 667 g/mol. The molecule has 0 saturated heterocycles. The van der Waals surface area contributed by atoms with Crippen molar-refractivity contribution in [3.05, 3.63) is 235 Å². The van der Waals surface area contributed by atoms with Gasteiger partial charge in [-0.3, -0.25) is 4.98 Å². The van der Waals surface area contributed by atoms with E-state index in [0.29, 0.717) is 5.82 Å². The number of nitrogens with zero attached hydrogens (tertiary/aromatic N) is 3. The lowest BCUT2D eigenvalue weighted by atomic mass is 9.67. The molecule has 0 spiro atoms. The van der Waals surface area contributed by atoms with Gasteiger partial charge in [0.15, 0.2) is 5.82 Å². The molecule has 0 fully saturated rings. The van der Waals surface area contributed by atoms with E-state index in [1.165, 1.54) is 33.4 Å². The molecule has 7 aromatic carbocycles. The predicted molar refractivity (Wildman–Crippen MR) is 224 cm³/mol. The smallest absolute Gasteiger partial charge is 0.160 e. The Morgan fingerprint density at radius 3 is 1.62 bits per heavy atom. The summed E-state index contributed by atoms with van der Waals surface area (Å²) in [7, 11) is 0. The largest absolute Gasteiger partial charge is 0.264 e. The molecule has 0 unspecified atom stereocenters. The van der Waals surface area contributed by atoms with Gasteiger partial charge in [0.2, 0.25) is 0 Å². The fourth-order valence-electron chi connectivity index (χ4n) is 8.40. The maximum Gasteiger partial charge on any atom is 0.160 e. The second-order valence-electron chi connectivity index (χ2n) is 14.0. The van der Waals surface area contributed by atoms with E-state index in [1.54, 1.807) is 6.20 Å². The second kappa shape index (κ2) is 13.6. The summed E-state index contributed by atoms with van der Waals surface area (Å²) in [5, 5.41) is 0. The Labute approximate surface area is 321 Å². The van der Waals surface area contributed by atoms with Gasteiger partial charge in [-0.15, -0.1) is 0 Å². The van der Waals surface area contributed by atoms with E-state index in [2.05, 4.69) is 193 Å². The van der Waals surface area contributed by atoms with E-state index in [9.17, 15) is 0 Å². The van der Waals surface area contributed by atoms with Gasteiger partial charge in [0.1, 0.15) is 0 Å². The monoisotopic (exact) mass is 701 g/mol. The topological polar surface area (TPSA) is 38.7 Å². The third kappa shape index (κ3) is 5.57. The van der Waals surface area contributed by atoms with E-state index in [1.807, 2.05) is 18.3 Å². The molecule has 2 aromatic heterocycles. The Hall–Kier alpha value is -7.23. The van der Waals surface area contributed by atoms with Crippen molar-refractivity contribution >= 4 is 0 Å². The van der Waals surface area contributed by atoms with Crippen LogP contribution in [-0.2, 0) is 5.41 Å². The van der Waals surface area contributed by atoms with E-state index < -0.39 is 5.41 Å². The van der Waals surface area contributed by atoms with E-state index >= 15 is 0 Å². The first kappa shape index (κ1) is 32.4. The molecule has 9 aromatic rings. The van der Waals surface area contributed by atoms with Gasteiger partial charge in [-0.2, -0.15) is 0 Å². The highest BCUT2D eigenvalue weighted by atomic mass is 14.9. The Morgan fingerprint density at radius 1 is 0.345 bits per heavy atom. The van der Waals surface area contributed by atoms with Crippen LogP contribution in [0.25, 0.3) is 67.3 Å². The molecule has 3 nitrogen and oxygen atoms in total. The minimum Gasteiger partial charge on any atom is -0.264 e. The quantitative estimate of drug-likeness (QED) is 0.166. The van der Waals surface area contributed by atoms with Crippen LogP contribution >= 0.6 is 0 Å². The standard InChI is InChI=1S/C52H35N3/c1-4-15-36(16-5-1)39-17-12-18-40(33-39)51-54-48(38-30-28-37(29-31-38)41-19-14-32-53-35-41)34-49(55-51)45-25-13-27-47-50(45)44-24-10-11-26-46(44)52(47,42-20-6-2-7-21-42)43-22-8-3-9-23-43/h1-35H. The Bertz CT molecular complexity index is 2740. The Balaban J connectivity index is 1.21. The van der Waals surface area contributed by atoms with Crippen LogP contribution in [0, 0.1) is 0 Å². The minimum absolute atomic E-state index is 0.505. The number of hydrogen-bond acceptors (Lipinski definition) is 3. The van der Waals surface area contributed by atoms with Crippen molar-refractivity contribution in [2.75, 3.05) is 0 Å². The predicted octanol–water partition coefficient (Wildman–Crippen LogP) is 12.6. The normalized spacial score (nSPS) is 12.5. The number of benzene rings is 7. The molecule has 10 rings (SSSR count). The lowest BCUT2D eigenvalue weighted by molar-refractivity contribution is 0.768. The molecule has 1 aliphatic rings. The average molecular weight is 702 g/mol. The van der Waals surface area contributed by atoms with Crippen molar-refractivity contribution in [3.8, 4) is 67.3 Å². The number of hydrogen-bond donors (Lipinski definition) is 0. The number of fused-ring (bicyclic) bond motifs is 3. The molecule has 2 heterocycles. The first-order valence-corrected chi connectivity index (χ1v) is 18.7. The maximum absolute atomic E-state index is 5.42. The van der Waals surface area contributed by atoms with E-state index in [4.69, 9.17) is 9.97 Å². The summed E-state index contributed by atoms with van der Waals surface area (Å²) in [6.45, 7) is 0. The molecule has 0 radical (unpaired) electrons. The van der Waals surface area contributed by atoms with E-state index in [0.717, 1.165) is 50.3 Å². The van der Waals surface area contributed by atoms with Crippen LogP contribution in [0.4, 0.5) is 0 Å². The molecule has 0 saturated carbocycles. The molecule has 258 valence electrons. The zero-order valence-corrected chi connectivity index (χ0v) is 30.0. The number of pyridine rings is 1. The van der Waals surface area contributed by atoms with Crippen molar-refractivity contribution in [2.45, 2.75) is 5.41 Å². The van der Waals surface area contributed by atoms with Gasteiger partial charge in [-0.25, -0.2) is 9.97 Å². The lowest BCUT2D eigenvalue weighted by Crippen LogP contribution is -2.28. The molecule has 0 atom stereocenters. The lowest BCUT2D eigenvalue weighted by Gasteiger charge is -2.33. The Kier molecular flexibility index (Phi) is 8.04. The van der Waals surface area contributed by atoms with Crippen LogP contribution in [0.3, 0.4) is 0 Å². The van der Waals surface area contributed by atoms with Crippen LogP contribution in [0.1, 0.15) is 22.3 Å². The third-order valence-corrected chi connectivity index (χ3v) is 10.9. The van der Waals surface area contributed by atoms with Gasteiger partial charge in [0, 0.05) is 29.1 Å². The summed E-state index contributed by atoms with van der Waals surface area (Å²) in [6.07, 6.45) is 3.70. The van der Waals surface area contributed by atoms with Crippen LogP contribution in [0.2, 0.25) is 0 Å². The fraction of sp³-hybridized carbons (Fsp3) is 0.0192. The van der Waals surface area contributed by atoms with Crippen LogP contribution in [-0.4, -0.2) is 15.0 Å². The van der Waals surface area contributed by atoms with Crippen LogP contribution in [0.15, 0.2) is 213 Å². The first-order chi connectivity index (χ1) is 27.3. The molecule has 0 amide bonds. The van der Waals surface area contributed by atoms with E-state index in [-0.39, 0.29) is 0 Å². The number of rotatable bonds is 7. The highest BCUT2D eigenvalue weighted by Gasteiger charge is 2.46. The van der Waals surface area contributed by atoms with Gasteiger partial charge < -0.3 is 0 Å². The summed E-state index contributed by atoms with van der Waals surface area (Å²) in [4.78, 5) is 15.0. The highest BCUT2D eigenvalue weighted by Crippen LogP contribution is 2.58. The summed E-state index contributed by atoms with van der Waals surface area (Å²) >= 11 is 0. The molecular formula is C52H35N3. The summed E-state index contributed by atoms with van der Waals surface area (Å²) in [5.74, 6) is 0.683. The van der Waals surface area contributed by atoms with Crippen molar-refractivity contribution < 1.29 is 0 Å². The van der Waals surface area contributed by atoms with Crippen molar-refractivity contribution in [2.24, 2.45) is 0 Å². The third-order valence-electron chi connectivity index (χ3n) is 10.9. The highest BCUT2D eigenvalue weighted by molar-refractivity contribution is 5.95. The molecule has 0 aliphatic heterocycles. The average Bonchev–Trinajstić information content (AvgIpc) is 3.59. The van der Waals surface area contributed by atoms with Crippen LogP contribution in [0.5, 0.6) is 0 Å². The number of aromatic nitrogens is 3. The molecule has 3 heteroatoms. The van der Waals surface area contributed by atoms with Gasteiger partial charge >= 0.3 is 0 Å². The molecule has 55 heavy (non-hydrogen) atoms. The van der Waals surface area contributed by atoms with Gasteiger partial charge in [0.25, 0.3) is 0 Å². The van der Waals surface area contributed by atoms with Crippen LogP contribution < -0.4 is 0 Å². The SMILES string of the molecule is c1ccc(-c2cccc(-c3nc(-c4ccc(-c5cccnc5)cc4)cc(-c4cccc5c4-c4ccccc4C5(c4ccccc4)c4ccccc4)n3)c2)cc1. The fourth-order valence-corrected chi connectivity index (χ4v) is 8.40. The van der Waals surface area contributed by atoms with Crippen molar-refractivity contribution in [1.29, 1.82) is 0 Å². The zero-order valence-electron chi connectivity index (χ0n) is 30.0. The van der Waals surface area contributed by atoms with Crippen molar-refractivity contribution in [3.63, 3.8) is 0 Å². The zero-order chi connectivity index (χ0) is 36.6. The summed E-state index contributed by atoms with van der Waals surface area (Å²) in [5.41, 5.74) is 16.2.